The van der Waals surface area contributed by atoms with Crippen molar-refractivity contribution in [2.45, 2.75) is 19.4 Å². The molecule has 9 heteroatoms. The van der Waals surface area contributed by atoms with E-state index in [-0.39, 0.29) is 28.9 Å². The molecule has 2 rings (SSSR count). The van der Waals surface area contributed by atoms with Crippen molar-refractivity contribution in [2.24, 2.45) is 0 Å². The van der Waals surface area contributed by atoms with E-state index in [9.17, 15) is 20.0 Å². The molecule has 0 radical (unpaired) electrons. The number of hydrogen-bond donors (Lipinski definition) is 1. The van der Waals surface area contributed by atoms with Crippen LogP contribution in [0.1, 0.15) is 23.7 Å². The second kappa shape index (κ2) is 8.46. The molecule has 1 N–H and O–H groups in total. The van der Waals surface area contributed by atoms with Crippen LogP contribution in [0.2, 0.25) is 5.02 Å². The molecule has 1 aromatic carbocycles. The summed E-state index contributed by atoms with van der Waals surface area (Å²) in [6, 6.07) is 2.67. The minimum absolute atomic E-state index is 0.0232. The highest BCUT2D eigenvalue weighted by molar-refractivity contribution is 6.34. The Morgan fingerprint density at radius 3 is 2.72 bits per heavy atom. The number of aliphatic hydroxyl groups is 1. The van der Waals surface area contributed by atoms with Crippen molar-refractivity contribution in [3.63, 3.8) is 0 Å². The molecule has 0 aliphatic carbocycles. The third kappa shape index (κ3) is 4.39. The zero-order chi connectivity index (χ0) is 18.6. The zero-order valence-corrected chi connectivity index (χ0v) is 15.0. The van der Waals surface area contributed by atoms with Crippen molar-refractivity contribution >= 4 is 28.9 Å². The van der Waals surface area contributed by atoms with E-state index in [2.05, 4.69) is 9.64 Å². The summed E-state index contributed by atoms with van der Waals surface area (Å²) in [6.45, 7) is 4.69. The van der Waals surface area contributed by atoms with Gasteiger partial charge < -0.3 is 14.7 Å². The van der Waals surface area contributed by atoms with Crippen LogP contribution in [0.25, 0.3) is 0 Å². The molecule has 0 saturated carbocycles. The summed E-state index contributed by atoms with van der Waals surface area (Å²) in [5.74, 6) is -0.710. The third-order valence-corrected chi connectivity index (χ3v) is 4.74. The number of nitro groups is 1. The molecule has 1 unspecified atom stereocenters. The molecule has 1 aliphatic heterocycles. The van der Waals surface area contributed by atoms with Crippen LogP contribution in [-0.2, 0) is 4.74 Å². The van der Waals surface area contributed by atoms with Gasteiger partial charge in [-0.2, -0.15) is 0 Å². The van der Waals surface area contributed by atoms with Crippen LogP contribution < -0.4 is 4.90 Å². The Morgan fingerprint density at radius 2 is 2.12 bits per heavy atom. The Morgan fingerprint density at radius 1 is 1.40 bits per heavy atom. The fourth-order valence-electron chi connectivity index (χ4n) is 2.95. The largest absolute Gasteiger partial charge is 0.465 e. The first-order valence-corrected chi connectivity index (χ1v) is 8.43. The number of esters is 1. The number of aliphatic hydroxyl groups excluding tert-OH is 1. The van der Waals surface area contributed by atoms with E-state index in [4.69, 9.17) is 11.6 Å². The fourth-order valence-corrected chi connectivity index (χ4v) is 3.19. The lowest BCUT2D eigenvalue weighted by Crippen LogP contribution is -2.38. The lowest BCUT2D eigenvalue weighted by atomic mass is 10.1. The number of hydrogen-bond acceptors (Lipinski definition) is 7. The summed E-state index contributed by atoms with van der Waals surface area (Å²) in [7, 11) is 1.20. The predicted octanol–water partition coefficient (Wildman–Crippen LogP) is 1.93. The Bertz CT molecular complexity index is 655. The van der Waals surface area contributed by atoms with E-state index in [0.717, 1.165) is 13.0 Å². The molecule has 1 aromatic rings. The summed E-state index contributed by atoms with van der Waals surface area (Å²) in [5.41, 5.74) is 0.194. The summed E-state index contributed by atoms with van der Waals surface area (Å²) in [6.07, 6.45) is 0.803. The highest BCUT2D eigenvalue weighted by Gasteiger charge is 2.27. The van der Waals surface area contributed by atoms with Gasteiger partial charge in [0.25, 0.3) is 5.69 Å². The molecule has 1 saturated heterocycles. The molecule has 138 valence electrons. The van der Waals surface area contributed by atoms with Crippen LogP contribution in [0.3, 0.4) is 0 Å². The van der Waals surface area contributed by atoms with E-state index < -0.39 is 10.9 Å². The maximum absolute atomic E-state index is 11.7. The molecule has 8 nitrogen and oxygen atoms in total. The molecule has 1 atom stereocenters. The first kappa shape index (κ1) is 19.4. The van der Waals surface area contributed by atoms with E-state index in [1.54, 1.807) is 0 Å². The number of carbonyl (C=O) groups excluding carboxylic acids is 1. The molecule has 0 spiro atoms. The van der Waals surface area contributed by atoms with E-state index in [1.807, 2.05) is 11.8 Å². The SMILES string of the molecule is COC(=O)c1cc([N+](=O)[O-])c(N2CCCN(C(C)CO)CC2)cc1Cl. The lowest BCUT2D eigenvalue weighted by Gasteiger charge is -2.26. The monoisotopic (exact) mass is 371 g/mol. The Labute approximate surface area is 151 Å². The van der Waals surface area contributed by atoms with Crippen molar-refractivity contribution in [1.82, 2.24) is 4.90 Å². The van der Waals surface area contributed by atoms with Crippen LogP contribution in [0.15, 0.2) is 12.1 Å². The number of nitrogens with zero attached hydrogens (tertiary/aromatic N) is 3. The second-order valence-corrected chi connectivity index (χ2v) is 6.38. The molecule has 1 aliphatic rings. The van der Waals surface area contributed by atoms with Gasteiger partial charge in [0, 0.05) is 38.3 Å². The molecule has 0 aromatic heterocycles. The van der Waals surface area contributed by atoms with Gasteiger partial charge in [-0.05, 0) is 19.4 Å². The van der Waals surface area contributed by atoms with Gasteiger partial charge in [-0.1, -0.05) is 11.6 Å². The molecular weight excluding hydrogens is 350 g/mol. The Balaban J connectivity index is 2.33. The zero-order valence-electron chi connectivity index (χ0n) is 14.3. The normalized spacial score (nSPS) is 17.0. The predicted molar refractivity (Wildman–Crippen MR) is 94.4 cm³/mol. The third-order valence-electron chi connectivity index (χ3n) is 4.42. The molecule has 1 heterocycles. The van der Waals surface area contributed by atoms with Crippen LogP contribution >= 0.6 is 11.6 Å². The first-order chi connectivity index (χ1) is 11.9. The summed E-state index contributed by atoms with van der Waals surface area (Å²) in [4.78, 5) is 26.7. The Kier molecular flexibility index (Phi) is 6.57. The highest BCUT2D eigenvalue weighted by atomic mass is 35.5. The molecule has 25 heavy (non-hydrogen) atoms. The van der Waals surface area contributed by atoms with E-state index >= 15 is 0 Å². The van der Waals surface area contributed by atoms with Gasteiger partial charge >= 0.3 is 5.97 Å². The van der Waals surface area contributed by atoms with Crippen LogP contribution in [0.5, 0.6) is 0 Å². The summed E-state index contributed by atoms with van der Waals surface area (Å²) < 4.78 is 4.62. The molecule has 0 bridgehead atoms. The fraction of sp³-hybridized carbons (Fsp3) is 0.562. The number of benzene rings is 1. The molecule has 0 amide bonds. The molecular formula is C16H22ClN3O5. The molecule has 1 fully saturated rings. The van der Waals surface area contributed by atoms with E-state index in [1.165, 1.54) is 19.2 Å². The van der Waals surface area contributed by atoms with Crippen molar-refractivity contribution in [1.29, 1.82) is 0 Å². The van der Waals surface area contributed by atoms with Crippen molar-refractivity contribution in [3.05, 3.63) is 32.8 Å². The minimum atomic E-state index is -0.710. The minimum Gasteiger partial charge on any atom is -0.465 e. The van der Waals surface area contributed by atoms with Gasteiger partial charge in [0.2, 0.25) is 0 Å². The van der Waals surface area contributed by atoms with Gasteiger partial charge in [-0.25, -0.2) is 4.79 Å². The van der Waals surface area contributed by atoms with Crippen LogP contribution in [0.4, 0.5) is 11.4 Å². The number of methoxy groups -OCH3 is 1. The summed E-state index contributed by atoms with van der Waals surface area (Å²) in [5, 5.41) is 20.9. The average molecular weight is 372 g/mol. The number of rotatable bonds is 5. The van der Waals surface area contributed by atoms with Crippen molar-refractivity contribution in [3.8, 4) is 0 Å². The lowest BCUT2D eigenvalue weighted by molar-refractivity contribution is -0.384. The van der Waals surface area contributed by atoms with Gasteiger partial charge in [0.15, 0.2) is 0 Å². The number of halogens is 1. The smallest absolute Gasteiger partial charge is 0.339 e. The first-order valence-electron chi connectivity index (χ1n) is 8.05. The number of anilines is 1. The highest BCUT2D eigenvalue weighted by Crippen LogP contribution is 2.35. The van der Waals surface area contributed by atoms with Crippen LogP contribution in [0, 0.1) is 10.1 Å². The summed E-state index contributed by atoms with van der Waals surface area (Å²) >= 11 is 6.15. The van der Waals surface area contributed by atoms with Crippen molar-refractivity contribution in [2.75, 3.05) is 44.8 Å². The topological polar surface area (TPSA) is 96.1 Å². The number of nitro benzene ring substituents is 1. The Hall–Kier alpha value is -1.90. The van der Waals surface area contributed by atoms with Crippen molar-refractivity contribution < 1.29 is 19.6 Å². The van der Waals surface area contributed by atoms with Gasteiger partial charge in [0.05, 0.1) is 29.2 Å². The maximum atomic E-state index is 11.7. The number of ether oxygens (including phenoxy) is 1. The van der Waals surface area contributed by atoms with E-state index in [0.29, 0.717) is 25.3 Å². The second-order valence-electron chi connectivity index (χ2n) is 5.98. The van der Waals surface area contributed by atoms with Gasteiger partial charge in [0.1, 0.15) is 5.69 Å². The quantitative estimate of drug-likeness (QED) is 0.480. The number of carbonyl (C=O) groups is 1. The maximum Gasteiger partial charge on any atom is 0.339 e. The van der Waals surface area contributed by atoms with Gasteiger partial charge in [-0.15, -0.1) is 0 Å². The van der Waals surface area contributed by atoms with Crippen LogP contribution in [-0.4, -0.2) is 66.8 Å². The standard InChI is InChI=1S/C16H22ClN3O5/c1-11(10-21)18-4-3-5-19(7-6-18)14-9-13(17)12(16(22)25-2)8-15(14)20(23)24/h8-9,11,21H,3-7,10H2,1-2H3. The average Bonchev–Trinajstić information content (AvgIpc) is 2.85. The van der Waals surface area contributed by atoms with Gasteiger partial charge in [-0.3, -0.25) is 15.0 Å².